The van der Waals surface area contributed by atoms with Gasteiger partial charge in [0.05, 0.1) is 0 Å². The highest BCUT2D eigenvalue weighted by Crippen LogP contribution is 2.29. The van der Waals surface area contributed by atoms with Crippen molar-refractivity contribution in [3.8, 4) is 0 Å². The number of hydrogen-bond acceptors (Lipinski definition) is 1. The average molecular weight is 346 g/mol. The molecule has 0 fully saturated rings. The maximum atomic E-state index is 3.64. The SMILES string of the molecule is CNC(Cc1c(C)cc(C)cc1C)c1cccc(Br)c1C. The quantitative estimate of drug-likeness (QED) is 0.804. The number of benzene rings is 2. The van der Waals surface area contributed by atoms with Gasteiger partial charge in [-0.25, -0.2) is 0 Å². The molecule has 2 rings (SSSR count). The van der Waals surface area contributed by atoms with E-state index in [1.165, 1.54) is 37.9 Å². The fourth-order valence-electron chi connectivity index (χ4n) is 3.11. The zero-order chi connectivity index (χ0) is 15.6. The Kier molecular flexibility index (Phi) is 5.23. The molecule has 0 heterocycles. The molecule has 2 aromatic rings. The van der Waals surface area contributed by atoms with E-state index < -0.39 is 0 Å². The lowest BCUT2D eigenvalue weighted by atomic mass is 9.90. The number of nitrogens with one attached hydrogen (secondary N) is 1. The van der Waals surface area contributed by atoms with Gasteiger partial charge in [-0.1, -0.05) is 45.8 Å². The molecule has 0 aliphatic carbocycles. The maximum absolute atomic E-state index is 3.64. The first-order chi connectivity index (χ1) is 9.93. The van der Waals surface area contributed by atoms with Gasteiger partial charge in [0, 0.05) is 10.5 Å². The molecule has 0 spiro atoms. The first-order valence-corrected chi connectivity index (χ1v) is 8.22. The fraction of sp³-hybridized carbons (Fsp3) is 0.368. The molecule has 0 saturated carbocycles. The van der Waals surface area contributed by atoms with Crippen LogP contribution in [0.4, 0.5) is 0 Å². The summed E-state index contributed by atoms with van der Waals surface area (Å²) in [5, 5.41) is 3.48. The van der Waals surface area contributed by atoms with Gasteiger partial charge in [-0.3, -0.25) is 0 Å². The van der Waals surface area contributed by atoms with E-state index in [9.17, 15) is 0 Å². The molecule has 1 nitrogen and oxygen atoms in total. The van der Waals surface area contributed by atoms with Gasteiger partial charge in [-0.15, -0.1) is 0 Å². The molecular weight excluding hydrogens is 322 g/mol. The highest BCUT2D eigenvalue weighted by molar-refractivity contribution is 9.10. The van der Waals surface area contributed by atoms with Crippen LogP contribution in [0.2, 0.25) is 0 Å². The molecule has 0 saturated heterocycles. The third kappa shape index (κ3) is 3.56. The highest BCUT2D eigenvalue weighted by Gasteiger charge is 2.16. The molecule has 2 aromatic carbocycles. The maximum Gasteiger partial charge on any atom is 0.0361 e. The summed E-state index contributed by atoms with van der Waals surface area (Å²) in [6, 6.07) is 11.3. The minimum absolute atomic E-state index is 0.336. The monoisotopic (exact) mass is 345 g/mol. The third-order valence-corrected chi connectivity index (χ3v) is 5.14. The van der Waals surface area contributed by atoms with Crippen molar-refractivity contribution >= 4 is 15.9 Å². The highest BCUT2D eigenvalue weighted by atomic mass is 79.9. The molecule has 0 bridgehead atoms. The van der Waals surface area contributed by atoms with Crippen LogP contribution in [0, 0.1) is 27.7 Å². The first kappa shape index (κ1) is 16.3. The second-order valence-electron chi connectivity index (χ2n) is 5.88. The van der Waals surface area contributed by atoms with Gasteiger partial charge in [0.2, 0.25) is 0 Å². The van der Waals surface area contributed by atoms with Crippen LogP contribution in [0.3, 0.4) is 0 Å². The van der Waals surface area contributed by atoms with Crippen molar-refractivity contribution in [2.24, 2.45) is 0 Å². The molecule has 1 N–H and O–H groups in total. The number of hydrogen-bond donors (Lipinski definition) is 1. The lowest BCUT2D eigenvalue weighted by Gasteiger charge is -2.22. The van der Waals surface area contributed by atoms with Crippen LogP contribution < -0.4 is 5.32 Å². The van der Waals surface area contributed by atoms with Crippen LogP contribution >= 0.6 is 15.9 Å². The second-order valence-corrected chi connectivity index (χ2v) is 6.73. The van der Waals surface area contributed by atoms with Gasteiger partial charge in [0.15, 0.2) is 0 Å². The normalized spacial score (nSPS) is 12.5. The van der Waals surface area contributed by atoms with Gasteiger partial charge in [-0.05, 0) is 75.0 Å². The van der Waals surface area contributed by atoms with Crippen LogP contribution in [0.5, 0.6) is 0 Å². The average Bonchev–Trinajstić information content (AvgIpc) is 2.42. The second kappa shape index (κ2) is 6.76. The van der Waals surface area contributed by atoms with Crippen LogP contribution in [-0.2, 0) is 6.42 Å². The number of aryl methyl sites for hydroxylation is 3. The number of rotatable bonds is 4. The summed E-state index contributed by atoms with van der Waals surface area (Å²) in [7, 11) is 2.05. The summed E-state index contributed by atoms with van der Waals surface area (Å²) in [5.41, 5.74) is 8.26. The molecule has 0 amide bonds. The van der Waals surface area contributed by atoms with Crippen molar-refractivity contribution in [2.75, 3.05) is 7.05 Å². The van der Waals surface area contributed by atoms with Gasteiger partial charge in [0.25, 0.3) is 0 Å². The van der Waals surface area contributed by atoms with Crippen LogP contribution in [0.25, 0.3) is 0 Å². The summed E-state index contributed by atoms with van der Waals surface area (Å²) in [5.74, 6) is 0. The van der Waals surface area contributed by atoms with Gasteiger partial charge in [0.1, 0.15) is 0 Å². The topological polar surface area (TPSA) is 12.0 Å². The van der Waals surface area contributed by atoms with Crippen molar-refractivity contribution in [1.29, 1.82) is 0 Å². The van der Waals surface area contributed by atoms with E-state index in [-0.39, 0.29) is 0 Å². The summed E-state index contributed by atoms with van der Waals surface area (Å²) in [6.45, 7) is 8.78. The lowest BCUT2D eigenvalue weighted by Crippen LogP contribution is -2.21. The molecular formula is C19H24BrN. The van der Waals surface area contributed by atoms with Gasteiger partial charge in [-0.2, -0.15) is 0 Å². The standard InChI is InChI=1S/C19H24BrN/c1-12-9-13(2)17(14(3)10-12)11-19(21-5)16-7-6-8-18(20)15(16)4/h6-10,19,21H,11H2,1-5H3. The molecule has 1 unspecified atom stereocenters. The van der Waals surface area contributed by atoms with Crippen molar-refractivity contribution in [3.63, 3.8) is 0 Å². The van der Waals surface area contributed by atoms with E-state index in [1.54, 1.807) is 0 Å². The molecule has 2 heteroatoms. The lowest BCUT2D eigenvalue weighted by molar-refractivity contribution is 0.585. The van der Waals surface area contributed by atoms with E-state index in [0.717, 1.165) is 6.42 Å². The Balaban J connectivity index is 2.38. The zero-order valence-electron chi connectivity index (χ0n) is 13.5. The summed E-state index contributed by atoms with van der Waals surface area (Å²) in [6.07, 6.45) is 1.02. The Morgan fingerprint density at radius 3 is 2.24 bits per heavy atom. The smallest absolute Gasteiger partial charge is 0.0361 e. The van der Waals surface area contributed by atoms with Crippen LogP contribution in [0.1, 0.15) is 39.4 Å². The van der Waals surface area contributed by atoms with E-state index in [1.807, 2.05) is 7.05 Å². The predicted octanol–water partition coefficient (Wildman–Crippen LogP) is 5.19. The van der Waals surface area contributed by atoms with E-state index in [2.05, 4.69) is 79.3 Å². The van der Waals surface area contributed by atoms with Crippen molar-refractivity contribution in [3.05, 3.63) is 68.2 Å². The zero-order valence-corrected chi connectivity index (χ0v) is 15.1. The minimum Gasteiger partial charge on any atom is -0.313 e. The summed E-state index contributed by atoms with van der Waals surface area (Å²) < 4.78 is 1.18. The Labute approximate surface area is 136 Å². The minimum atomic E-state index is 0.336. The first-order valence-electron chi connectivity index (χ1n) is 7.43. The molecule has 0 aliphatic rings. The van der Waals surface area contributed by atoms with E-state index in [4.69, 9.17) is 0 Å². The summed E-state index contributed by atoms with van der Waals surface area (Å²) >= 11 is 3.64. The van der Waals surface area contributed by atoms with E-state index in [0.29, 0.717) is 6.04 Å². The third-order valence-electron chi connectivity index (χ3n) is 4.28. The Morgan fingerprint density at radius 2 is 1.67 bits per heavy atom. The Bertz CT molecular complexity index is 623. The Morgan fingerprint density at radius 1 is 1.05 bits per heavy atom. The fourth-order valence-corrected chi connectivity index (χ4v) is 3.49. The van der Waals surface area contributed by atoms with Crippen molar-refractivity contribution in [2.45, 2.75) is 40.2 Å². The molecule has 0 aliphatic heterocycles. The molecule has 112 valence electrons. The number of halogens is 1. The molecule has 21 heavy (non-hydrogen) atoms. The van der Waals surface area contributed by atoms with Gasteiger partial charge >= 0.3 is 0 Å². The van der Waals surface area contributed by atoms with Crippen molar-refractivity contribution < 1.29 is 0 Å². The van der Waals surface area contributed by atoms with E-state index >= 15 is 0 Å². The van der Waals surface area contributed by atoms with Crippen LogP contribution in [0.15, 0.2) is 34.8 Å². The van der Waals surface area contributed by atoms with Gasteiger partial charge < -0.3 is 5.32 Å². The predicted molar refractivity (Wildman–Crippen MR) is 95.0 cm³/mol. The number of likely N-dealkylation sites (N-methyl/N-ethyl adjacent to an activating group) is 1. The molecule has 0 aromatic heterocycles. The van der Waals surface area contributed by atoms with Crippen LogP contribution in [-0.4, -0.2) is 7.05 Å². The largest absolute Gasteiger partial charge is 0.313 e. The van der Waals surface area contributed by atoms with Crippen molar-refractivity contribution in [1.82, 2.24) is 5.32 Å². The summed E-state index contributed by atoms with van der Waals surface area (Å²) in [4.78, 5) is 0. The Hall–Kier alpha value is -1.12. The molecule has 0 radical (unpaired) electrons. The molecule has 1 atom stereocenters.